The lowest BCUT2D eigenvalue weighted by Gasteiger charge is -2.21. The number of aryl methyl sites for hydroxylation is 2. The zero-order valence-electron chi connectivity index (χ0n) is 18.2. The minimum Gasteiger partial charge on any atom is -0.326 e. The lowest BCUT2D eigenvalue weighted by atomic mass is 10.0. The van der Waals surface area contributed by atoms with Gasteiger partial charge in [-0.25, -0.2) is 8.42 Å². The standard InChI is InChI=1S/C25H25N3O4S/c1-17-6-5-9-20(14-17)26-25(30)23(15-18-7-3-2-4-8-18)28-33(31,32)21-11-12-22-19(16-21)10-13-24(29)27-22/h2-9,11-12,14,16,23,28H,10,13,15H2,1H3,(H,26,30)(H,27,29). The quantitative estimate of drug-likeness (QED) is 0.499. The SMILES string of the molecule is Cc1cccc(NC(=O)C(Cc2ccccc2)NS(=O)(=O)c2ccc3c(c2)CCC(=O)N3)c1. The van der Waals surface area contributed by atoms with E-state index in [2.05, 4.69) is 15.4 Å². The van der Waals surface area contributed by atoms with Gasteiger partial charge in [-0.05, 0) is 66.8 Å². The molecule has 0 saturated carbocycles. The van der Waals surface area contributed by atoms with Gasteiger partial charge in [-0.3, -0.25) is 9.59 Å². The van der Waals surface area contributed by atoms with Crippen LogP contribution in [0.25, 0.3) is 0 Å². The molecule has 1 atom stereocenters. The Labute approximate surface area is 193 Å². The van der Waals surface area contributed by atoms with Crippen molar-refractivity contribution in [3.8, 4) is 0 Å². The van der Waals surface area contributed by atoms with Crippen LogP contribution in [0.3, 0.4) is 0 Å². The second kappa shape index (κ2) is 9.56. The highest BCUT2D eigenvalue weighted by molar-refractivity contribution is 7.89. The fraction of sp³-hybridized carbons (Fsp3) is 0.200. The van der Waals surface area contributed by atoms with Crippen LogP contribution in [-0.4, -0.2) is 26.3 Å². The van der Waals surface area contributed by atoms with Crippen LogP contribution in [0, 0.1) is 6.92 Å². The van der Waals surface area contributed by atoms with Crippen LogP contribution in [0.2, 0.25) is 0 Å². The summed E-state index contributed by atoms with van der Waals surface area (Å²) in [5, 5.41) is 5.56. The van der Waals surface area contributed by atoms with Crippen LogP contribution in [-0.2, 0) is 32.5 Å². The van der Waals surface area contributed by atoms with E-state index in [0.717, 1.165) is 16.7 Å². The van der Waals surface area contributed by atoms with E-state index in [1.54, 1.807) is 18.2 Å². The average Bonchev–Trinajstić information content (AvgIpc) is 2.79. The predicted molar refractivity (Wildman–Crippen MR) is 127 cm³/mol. The van der Waals surface area contributed by atoms with Crippen molar-refractivity contribution in [3.63, 3.8) is 0 Å². The molecule has 8 heteroatoms. The van der Waals surface area contributed by atoms with Crippen molar-refractivity contribution < 1.29 is 18.0 Å². The zero-order valence-corrected chi connectivity index (χ0v) is 19.0. The topological polar surface area (TPSA) is 104 Å². The van der Waals surface area contributed by atoms with Crippen molar-refractivity contribution in [2.24, 2.45) is 0 Å². The molecule has 2 amide bonds. The summed E-state index contributed by atoms with van der Waals surface area (Å²) in [5.41, 5.74) is 3.78. The summed E-state index contributed by atoms with van der Waals surface area (Å²) in [6, 6.07) is 20.1. The number of sulfonamides is 1. The van der Waals surface area contributed by atoms with Gasteiger partial charge in [0.2, 0.25) is 21.8 Å². The lowest BCUT2D eigenvalue weighted by Crippen LogP contribution is -2.45. The maximum atomic E-state index is 13.2. The molecule has 7 nitrogen and oxygen atoms in total. The summed E-state index contributed by atoms with van der Waals surface area (Å²) in [5.74, 6) is -0.537. The molecule has 0 aliphatic carbocycles. The molecule has 0 radical (unpaired) electrons. The number of carbonyl (C=O) groups excluding carboxylic acids is 2. The van der Waals surface area contributed by atoms with Crippen LogP contribution < -0.4 is 15.4 Å². The van der Waals surface area contributed by atoms with Gasteiger partial charge in [0, 0.05) is 17.8 Å². The summed E-state index contributed by atoms with van der Waals surface area (Å²) in [4.78, 5) is 24.8. The normalized spacial score (nSPS) is 14.2. The predicted octanol–water partition coefficient (Wildman–Crippen LogP) is 3.41. The Morgan fingerprint density at radius 3 is 2.55 bits per heavy atom. The van der Waals surface area contributed by atoms with Crippen molar-refractivity contribution in [1.29, 1.82) is 0 Å². The van der Waals surface area contributed by atoms with Crippen molar-refractivity contribution in [3.05, 3.63) is 89.5 Å². The molecule has 0 aromatic heterocycles. The van der Waals surface area contributed by atoms with Crippen molar-refractivity contribution in [2.75, 3.05) is 10.6 Å². The first-order valence-corrected chi connectivity index (χ1v) is 12.1. The molecule has 3 aromatic rings. The Morgan fingerprint density at radius 2 is 1.79 bits per heavy atom. The van der Waals surface area contributed by atoms with E-state index in [4.69, 9.17) is 0 Å². The second-order valence-electron chi connectivity index (χ2n) is 8.09. The molecule has 33 heavy (non-hydrogen) atoms. The Balaban J connectivity index is 1.59. The average molecular weight is 464 g/mol. The van der Waals surface area contributed by atoms with E-state index in [0.29, 0.717) is 24.2 Å². The third-order valence-electron chi connectivity index (χ3n) is 5.46. The van der Waals surface area contributed by atoms with Gasteiger partial charge < -0.3 is 10.6 Å². The third kappa shape index (κ3) is 5.66. The molecule has 170 valence electrons. The first-order valence-electron chi connectivity index (χ1n) is 10.7. The third-order valence-corrected chi connectivity index (χ3v) is 6.93. The number of amides is 2. The maximum absolute atomic E-state index is 13.2. The van der Waals surface area contributed by atoms with E-state index < -0.39 is 22.0 Å². The van der Waals surface area contributed by atoms with Crippen LogP contribution in [0.4, 0.5) is 11.4 Å². The molecule has 1 heterocycles. The Bertz CT molecular complexity index is 1290. The zero-order chi connectivity index (χ0) is 23.4. The molecule has 0 fully saturated rings. The smallest absolute Gasteiger partial charge is 0.242 e. The molecule has 1 aliphatic heterocycles. The summed E-state index contributed by atoms with van der Waals surface area (Å²) in [7, 11) is -4.00. The number of anilines is 2. The number of fused-ring (bicyclic) bond motifs is 1. The van der Waals surface area contributed by atoms with Gasteiger partial charge in [-0.15, -0.1) is 0 Å². The number of benzene rings is 3. The summed E-state index contributed by atoms with van der Waals surface area (Å²) < 4.78 is 29.0. The summed E-state index contributed by atoms with van der Waals surface area (Å²) in [6.45, 7) is 1.92. The van der Waals surface area contributed by atoms with Crippen LogP contribution in [0.15, 0.2) is 77.7 Å². The van der Waals surface area contributed by atoms with Crippen molar-refractivity contribution >= 4 is 33.2 Å². The minimum atomic E-state index is -4.00. The fourth-order valence-electron chi connectivity index (χ4n) is 3.77. The fourth-order valence-corrected chi connectivity index (χ4v) is 5.02. The minimum absolute atomic E-state index is 0.0545. The number of rotatable bonds is 7. The van der Waals surface area contributed by atoms with Gasteiger partial charge in [0.15, 0.2) is 0 Å². The maximum Gasteiger partial charge on any atom is 0.242 e. The van der Waals surface area contributed by atoms with E-state index in [1.165, 1.54) is 6.07 Å². The Kier molecular flexibility index (Phi) is 6.57. The molecule has 3 aromatic carbocycles. The first-order chi connectivity index (χ1) is 15.8. The van der Waals surface area contributed by atoms with Crippen molar-refractivity contribution in [1.82, 2.24) is 4.72 Å². The molecule has 4 rings (SSSR count). The first kappa shape index (κ1) is 22.7. The monoisotopic (exact) mass is 463 g/mol. The van der Waals surface area contributed by atoms with E-state index >= 15 is 0 Å². The molecule has 1 aliphatic rings. The van der Waals surface area contributed by atoms with E-state index in [1.807, 2.05) is 55.5 Å². The van der Waals surface area contributed by atoms with E-state index in [9.17, 15) is 18.0 Å². The largest absolute Gasteiger partial charge is 0.326 e. The summed E-state index contributed by atoms with van der Waals surface area (Å²) >= 11 is 0. The van der Waals surface area contributed by atoms with Gasteiger partial charge in [0.25, 0.3) is 0 Å². The van der Waals surface area contributed by atoms with Crippen LogP contribution >= 0.6 is 0 Å². The molecule has 0 spiro atoms. The number of nitrogens with one attached hydrogen (secondary N) is 3. The molecule has 1 unspecified atom stereocenters. The molecule has 0 bridgehead atoms. The Hall–Kier alpha value is -3.49. The second-order valence-corrected chi connectivity index (χ2v) is 9.80. The van der Waals surface area contributed by atoms with Gasteiger partial charge in [-0.2, -0.15) is 4.72 Å². The van der Waals surface area contributed by atoms with Crippen molar-refractivity contribution in [2.45, 2.75) is 37.1 Å². The number of hydrogen-bond donors (Lipinski definition) is 3. The van der Waals surface area contributed by atoms with E-state index in [-0.39, 0.29) is 17.2 Å². The number of hydrogen-bond acceptors (Lipinski definition) is 4. The van der Waals surface area contributed by atoms with Crippen LogP contribution in [0.1, 0.15) is 23.1 Å². The number of carbonyl (C=O) groups is 2. The highest BCUT2D eigenvalue weighted by Gasteiger charge is 2.27. The Morgan fingerprint density at radius 1 is 1.00 bits per heavy atom. The molecular formula is C25H25N3O4S. The van der Waals surface area contributed by atoms with Gasteiger partial charge >= 0.3 is 0 Å². The summed E-state index contributed by atoms with van der Waals surface area (Å²) in [6.07, 6.45) is 0.962. The van der Waals surface area contributed by atoms with Gasteiger partial charge in [0.05, 0.1) is 4.90 Å². The molecule has 3 N–H and O–H groups in total. The molecular weight excluding hydrogens is 438 g/mol. The van der Waals surface area contributed by atoms with Gasteiger partial charge in [0.1, 0.15) is 6.04 Å². The van der Waals surface area contributed by atoms with Gasteiger partial charge in [-0.1, -0.05) is 42.5 Å². The van der Waals surface area contributed by atoms with Crippen LogP contribution in [0.5, 0.6) is 0 Å². The molecule has 0 saturated heterocycles. The highest BCUT2D eigenvalue weighted by Crippen LogP contribution is 2.25. The highest BCUT2D eigenvalue weighted by atomic mass is 32.2. The lowest BCUT2D eigenvalue weighted by molar-refractivity contribution is -0.118.